The Morgan fingerprint density at radius 2 is 1.80 bits per heavy atom. The zero-order chi connectivity index (χ0) is 14.1. The van der Waals surface area contributed by atoms with Gasteiger partial charge in [-0.3, -0.25) is 4.79 Å². The highest BCUT2D eigenvalue weighted by molar-refractivity contribution is 7.99. The topological polar surface area (TPSA) is 20.3 Å². The summed E-state index contributed by atoms with van der Waals surface area (Å²) in [6.45, 7) is 0. The summed E-state index contributed by atoms with van der Waals surface area (Å²) in [6.07, 6.45) is 4.21. The summed E-state index contributed by atoms with van der Waals surface area (Å²) in [5.41, 5.74) is 0.875. The van der Waals surface area contributed by atoms with Crippen LogP contribution in [-0.2, 0) is 4.79 Å². The molecule has 20 heavy (non-hydrogen) atoms. The van der Waals surface area contributed by atoms with Gasteiger partial charge in [-0.2, -0.15) is 8.78 Å². The number of Topliss-reactive ketones (excluding diaryl/α,β-unsaturated/α-hetero) is 1. The summed E-state index contributed by atoms with van der Waals surface area (Å²) in [5.74, 6) is -2.10. The highest BCUT2D eigenvalue weighted by Crippen LogP contribution is 2.41. The zero-order valence-electron chi connectivity index (χ0n) is 11.1. The Balaban J connectivity index is 1.94. The lowest BCUT2D eigenvalue weighted by Crippen LogP contribution is -2.52. The Morgan fingerprint density at radius 3 is 2.45 bits per heavy atom. The molecule has 1 aromatic carbocycles. The number of alkyl halides is 2. The monoisotopic (exact) mass is 297 g/mol. The second-order valence-electron chi connectivity index (χ2n) is 5.44. The summed E-state index contributed by atoms with van der Waals surface area (Å²) in [5, 5.41) is 0. The molecule has 0 radical (unpaired) electrons. The van der Waals surface area contributed by atoms with Crippen LogP contribution in [0.25, 0.3) is 0 Å². The summed E-state index contributed by atoms with van der Waals surface area (Å²) < 4.78 is 25.4. The van der Waals surface area contributed by atoms with Crippen LogP contribution in [0.2, 0.25) is 0 Å². The number of thioether (sulfide) groups is 1. The first-order chi connectivity index (χ1) is 9.65. The smallest absolute Gasteiger partial charge is 0.288 e. The van der Waals surface area contributed by atoms with E-state index in [1.807, 2.05) is 12.1 Å². The van der Waals surface area contributed by atoms with Crippen molar-refractivity contribution in [3.8, 4) is 0 Å². The van der Waals surface area contributed by atoms with Crippen molar-refractivity contribution < 1.29 is 13.6 Å². The highest BCUT2D eigenvalue weighted by Gasteiger charge is 2.38. The van der Waals surface area contributed by atoms with Crippen LogP contribution >= 0.6 is 11.8 Å². The van der Waals surface area contributed by atoms with Crippen LogP contribution in [0.3, 0.4) is 0 Å². The lowest BCUT2D eigenvalue weighted by Gasteiger charge is -2.47. The number of carbonyl (C=O) groups excluding carboxylic acids is 1. The van der Waals surface area contributed by atoms with E-state index in [1.165, 1.54) is 0 Å². The number of benzene rings is 1. The van der Waals surface area contributed by atoms with Gasteiger partial charge in [-0.15, -0.1) is 0 Å². The Morgan fingerprint density at radius 1 is 1.15 bits per heavy atom. The second kappa shape index (κ2) is 5.72. The number of nitrogens with zero attached hydrogens (tertiary/aromatic N) is 1. The maximum atomic E-state index is 12.7. The predicted molar refractivity (Wildman–Crippen MR) is 76.5 cm³/mol. The molecule has 2 atom stereocenters. The molecule has 0 N–H and O–H groups in total. The number of hydrogen-bond acceptors (Lipinski definition) is 3. The van der Waals surface area contributed by atoms with Crippen molar-refractivity contribution in [3.63, 3.8) is 0 Å². The van der Waals surface area contributed by atoms with E-state index in [-0.39, 0.29) is 12.1 Å². The largest absolute Gasteiger partial charge is 0.364 e. The average Bonchev–Trinajstić information content (AvgIpc) is 2.38. The first-order valence-corrected chi connectivity index (χ1v) is 7.87. The summed E-state index contributed by atoms with van der Waals surface area (Å²) in [7, 11) is 0. The molecule has 3 rings (SSSR count). The van der Waals surface area contributed by atoms with Crippen LogP contribution < -0.4 is 4.90 Å². The van der Waals surface area contributed by atoms with Crippen molar-refractivity contribution in [2.24, 2.45) is 0 Å². The molecule has 0 aliphatic carbocycles. The Bertz CT molecular complexity index is 492. The molecule has 1 aromatic rings. The SMILES string of the molecule is O=C1CC2CCCC(C1)N2c1ccccc1SC(F)F. The summed E-state index contributed by atoms with van der Waals surface area (Å²) >= 11 is 0.598. The van der Waals surface area contributed by atoms with Gasteiger partial charge in [-0.1, -0.05) is 23.9 Å². The fourth-order valence-corrected chi connectivity index (χ4v) is 4.08. The third-order valence-electron chi connectivity index (χ3n) is 4.15. The Hall–Kier alpha value is -1.10. The van der Waals surface area contributed by atoms with Gasteiger partial charge in [0.25, 0.3) is 5.76 Å². The molecule has 2 aliphatic rings. The molecule has 108 valence electrons. The van der Waals surface area contributed by atoms with E-state index in [4.69, 9.17) is 0 Å². The number of halogens is 2. The van der Waals surface area contributed by atoms with Gasteiger partial charge < -0.3 is 4.90 Å². The standard InChI is InChI=1S/C15H17F2NOS/c16-15(17)20-14-7-2-1-6-13(14)18-10-4-3-5-11(18)9-12(19)8-10/h1-2,6-7,10-11,15H,3-5,8-9H2. The van der Waals surface area contributed by atoms with Gasteiger partial charge in [0.15, 0.2) is 0 Å². The average molecular weight is 297 g/mol. The van der Waals surface area contributed by atoms with E-state index < -0.39 is 5.76 Å². The van der Waals surface area contributed by atoms with Crippen molar-refractivity contribution >= 4 is 23.2 Å². The molecule has 2 fully saturated rings. The van der Waals surface area contributed by atoms with Crippen molar-refractivity contribution in [2.75, 3.05) is 4.90 Å². The summed E-state index contributed by atoms with van der Waals surface area (Å²) in [4.78, 5) is 14.6. The first kappa shape index (κ1) is 13.9. The van der Waals surface area contributed by atoms with Crippen LogP contribution in [0.4, 0.5) is 14.5 Å². The van der Waals surface area contributed by atoms with E-state index in [2.05, 4.69) is 4.90 Å². The molecule has 2 bridgehead atoms. The molecule has 2 aliphatic heterocycles. The molecule has 5 heteroatoms. The van der Waals surface area contributed by atoms with E-state index >= 15 is 0 Å². The van der Waals surface area contributed by atoms with Crippen LogP contribution in [0.1, 0.15) is 32.1 Å². The van der Waals surface area contributed by atoms with Gasteiger partial charge in [0.2, 0.25) is 0 Å². The molecule has 2 nitrogen and oxygen atoms in total. The number of fused-ring (bicyclic) bond motifs is 2. The van der Waals surface area contributed by atoms with Gasteiger partial charge in [-0.25, -0.2) is 0 Å². The lowest BCUT2D eigenvalue weighted by molar-refractivity contribution is -0.121. The number of hydrogen-bond donors (Lipinski definition) is 0. The number of piperidine rings is 2. The minimum absolute atomic E-state index is 0.189. The zero-order valence-corrected chi connectivity index (χ0v) is 11.9. The van der Waals surface area contributed by atoms with Crippen molar-refractivity contribution in [2.45, 2.75) is 54.8 Å². The highest BCUT2D eigenvalue weighted by atomic mass is 32.2. The Labute approximate surface area is 121 Å². The number of rotatable bonds is 3. The van der Waals surface area contributed by atoms with Gasteiger partial charge in [0.1, 0.15) is 5.78 Å². The molecule has 2 unspecified atom stereocenters. The van der Waals surface area contributed by atoms with Crippen molar-refractivity contribution in [1.82, 2.24) is 0 Å². The molecule has 0 amide bonds. The van der Waals surface area contributed by atoms with Crippen LogP contribution in [0.15, 0.2) is 29.2 Å². The third-order valence-corrected chi connectivity index (χ3v) is 4.92. The van der Waals surface area contributed by atoms with Gasteiger partial charge in [-0.05, 0) is 31.4 Å². The molecule has 2 saturated heterocycles. The van der Waals surface area contributed by atoms with E-state index in [0.717, 1.165) is 24.9 Å². The van der Waals surface area contributed by atoms with Gasteiger partial charge in [0.05, 0.1) is 5.69 Å². The van der Waals surface area contributed by atoms with Gasteiger partial charge >= 0.3 is 0 Å². The van der Waals surface area contributed by atoms with Crippen LogP contribution in [-0.4, -0.2) is 23.6 Å². The third kappa shape index (κ3) is 2.68. The molecule has 0 aromatic heterocycles. The predicted octanol–water partition coefficient (Wildman–Crippen LogP) is 4.09. The molecular formula is C15H17F2NOS. The number of ketones is 1. The van der Waals surface area contributed by atoms with Gasteiger partial charge in [0, 0.05) is 29.8 Å². The maximum Gasteiger partial charge on any atom is 0.288 e. The van der Waals surface area contributed by atoms with E-state index in [0.29, 0.717) is 35.3 Å². The van der Waals surface area contributed by atoms with Crippen LogP contribution in [0.5, 0.6) is 0 Å². The maximum absolute atomic E-state index is 12.7. The summed E-state index contributed by atoms with van der Waals surface area (Å²) in [6, 6.07) is 7.71. The number of carbonyl (C=O) groups is 1. The fourth-order valence-electron chi connectivity index (χ4n) is 3.43. The van der Waals surface area contributed by atoms with Crippen LogP contribution in [0, 0.1) is 0 Å². The molecule has 2 heterocycles. The minimum Gasteiger partial charge on any atom is -0.364 e. The lowest BCUT2D eigenvalue weighted by atomic mass is 9.83. The quantitative estimate of drug-likeness (QED) is 0.784. The normalized spacial score (nSPS) is 26.1. The number of anilines is 1. The minimum atomic E-state index is -2.41. The molecule has 0 saturated carbocycles. The van der Waals surface area contributed by atoms with E-state index in [9.17, 15) is 13.6 Å². The molecule has 0 spiro atoms. The first-order valence-electron chi connectivity index (χ1n) is 6.99. The number of para-hydroxylation sites is 1. The van der Waals surface area contributed by atoms with E-state index in [1.54, 1.807) is 12.1 Å². The molecular weight excluding hydrogens is 280 g/mol. The van der Waals surface area contributed by atoms with Crippen molar-refractivity contribution in [1.29, 1.82) is 0 Å². The Kier molecular flexibility index (Phi) is 3.96. The fraction of sp³-hybridized carbons (Fsp3) is 0.533. The van der Waals surface area contributed by atoms with Crippen molar-refractivity contribution in [3.05, 3.63) is 24.3 Å². The second-order valence-corrected chi connectivity index (χ2v) is 6.47.